The number of rotatable bonds is 5. The second kappa shape index (κ2) is 5.23. The first kappa shape index (κ1) is 13.5. The van der Waals surface area contributed by atoms with Crippen molar-refractivity contribution in [2.45, 2.75) is 57.3 Å². The van der Waals surface area contributed by atoms with Crippen LogP contribution in [0.5, 0.6) is 0 Å². The Morgan fingerprint density at radius 3 is 2.19 bits per heavy atom. The fraction of sp³-hybridized carbons (Fsp3) is 0.684. The first-order valence-electron chi connectivity index (χ1n) is 8.60. The van der Waals surface area contributed by atoms with Gasteiger partial charge in [-0.05, 0) is 91.7 Å². The standard InChI is InChI=1S/C19H25NO/c21-6-3-18(17-1-4-20-5-2-17)13-19-10-14-7-15(11-19)9-16(8-14)12-19/h1-2,4-6,14-16,18H,3,7-13H2. The van der Waals surface area contributed by atoms with E-state index in [0.717, 1.165) is 24.0 Å². The highest BCUT2D eigenvalue weighted by atomic mass is 16.1. The van der Waals surface area contributed by atoms with E-state index in [-0.39, 0.29) is 0 Å². The molecular formula is C19H25NO. The molecule has 112 valence electrons. The second-order valence-corrected chi connectivity index (χ2v) is 8.00. The van der Waals surface area contributed by atoms with E-state index in [1.807, 2.05) is 12.4 Å². The number of hydrogen-bond donors (Lipinski definition) is 0. The van der Waals surface area contributed by atoms with Crippen molar-refractivity contribution in [3.8, 4) is 0 Å². The molecule has 4 fully saturated rings. The molecule has 1 heterocycles. The molecule has 2 nitrogen and oxygen atoms in total. The van der Waals surface area contributed by atoms with Gasteiger partial charge in [-0.3, -0.25) is 4.98 Å². The van der Waals surface area contributed by atoms with Gasteiger partial charge in [0.1, 0.15) is 6.29 Å². The molecule has 4 aliphatic rings. The first-order chi connectivity index (χ1) is 10.3. The monoisotopic (exact) mass is 283 g/mol. The molecule has 4 saturated carbocycles. The number of hydrogen-bond acceptors (Lipinski definition) is 2. The Morgan fingerprint density at radius 2 is 1.67 bits per heavy atom. The molecule has 5 rings (SSSR count). The zero-order valence-electron chi connectivity index (χ0n) is 12.7. The second-order valence-electron chi connectivity index (χ2n) is 8.00. The van der Waals surface area contributed by atoms with Crippen molar-refractivity contribution in [1.82, 2.24) is 4.98 Å². The Bertz CT molecular complexity index is 474. The molecule has 1 unspecified atom stereocenters. The van der Waals surface area contributed by atoms with Crippen LogP contribution in [0.2, 0.25) is 0 Å². The van der Waals surface area contributed by atoms with Crippen LogP contribution in [0, 0.1) is 23.2 Å². The summed E-state index contributed by atoms with van der Waals surface area (Å²) in [4.78, 5) is 15.3. The molecule has 21 heavy (non-hydrogen) atoms. The predicted molar refractivity (Wildman–Crippen MR) is 82.9 cm³/mol. The van der Waals surface area contributed by atoms with Crippen LogP contribution in [0.1, 0.15) is 62.8 Å². The number of aromatic nitrogens is 1. The Kier molecular flexibility index (Phi) is 3.35. The molecule has 0 saturated heterocycles. The molecule has 0 radical (unpaired) electrons. The number of pyridine rings is 1. The lowest BCUT2D eigenvalue weighted by atomic mass is 9.48. The van der Waals surface area contributed by atoms with Crippen molar-refractivity contribution in [2.24, 2.45) is 23.2 Å². The van der Waals surface area contributed by atoms with Crippen LogP contribution in [0.3, 0.4) is 0 Å². The van der Waals surface area contributed by atoms with Crippen LogP contribution >= 0.6 is 0 Å². The Balaban J connectivity index is 1.56. The Morgan fingerprint density at radius 1 is 1.10 bits per heavy atom. The van der Waals surface area contributed by atoms with Crippen molar-refractivity contribution in [1.29, 1.82) is 0 Å². The van der Waals surface area contributed by atoms with Gasteiger partial charge in [0.2, 0.25) is 0 Å². The molecule has 4 aliphatic carbocycles. The molecule has 1 atom stereocenters. The normalized spacial score (nSPS) is 38.4. The van der Waals surface area contributed by atoms with Crippen LogP contribution in [0.25, 0.3) is 0 Å². The quantitative estimate of drug-likeness (QED) is 0.751. The van der Waals surface area contributed by atoms with Crippen molar-refractivity contribution in [3.05, 3.63) is 30.1 Å². The van der Waals surface area contributed by atoms with Crippen LogP contribution in [0.4, 0.5) is 0 Å². The van der Waals surface area contributed by atoms with Gasteiger partial charge in [0.15, 0.2) is 0 Å². The molecule has 0 aromatic carbocycles. The van der Waals surface area contributed by atoms with Crippen LogP contribution in [-0.4, -0.2) is 11.3 Å². The third-order valence-corrected chi connectivity index (χ3v) is 6.40. The highest BCUT2D eigenvalue weighted by Crippen LogP contribution is 2.62. The van der Waals surface area contributed by atoms with Gasteiger partial charge >= 0.3 is 0 Å². The van der Waals surface area contributed by atoms with E-state index >= 15 is 0 Å². The van der Waals surface area contributed by atoms with Crippen molar-refractivity contribution >= 4 is 6.29 Å². The molecule has 1 aromatic rings. The number of carbonyl (C=O) groups is 1. The van der Waals surface area contributed by atoms with Gasteiger partial charge in [0.05, 0.1) is 0 Å². The summed E-state index contributed by atoms with van der Waals surface area (Å²) in [6.07, 6.45) is 15.5. The average molecular weight is 283 g/mol. The van der Waals surface area contributed by atoms with E-state index in [2.05, 4.69) is 17.1 Å². The largest absolute Gasteiger partial charge is 0.303 e. The number of aldehydes is 1. The Hall–Kier alpha value is -1.18. The van der Waals surface area contributed by atoms with Gasteiger partial charge in [-0.2, -0.15) is 0 Å². The van der Waals surface area contributed by atoms with Crippen LogP contribution < -0.4 is 0 Å². The van der Waals surface area contributed by atoms with Gasteiger partial charge in [-0.25, -0.2) is 0 Å². The Labute approximate surface area is 127 Å². The number of carbonyl (C=O) groups excluding carboxylic acids is 1. The summed E-state index contributed by atoms with van der Waals surface area (Å²) in [5, 5.41) is 0. The summed E-state index contributed by atoms with van der Waals surface area (Å²) in [6, 6.07) is 4.21. The summed E-state index contributed by atoms with van der Waals surface area (Å²) < 4.78 is 0. The van der Waals surface area contributed by atoms with Crippen LogP contribution in [0.15, 0.2) is 24.5 Å². The zero-order chi connectivity index (χ0) is 14.3. The summed E-state index contributed by atoms with van der Waals surface area (Å²) in [6.45, 7) is 0. The summed E-state index contributed by atoms with van der Waals surface area (Å²) >= 11 is 0. The SMILES string of the molecule is O=CCC(CC12CC3CC(CC(C3)C1)C2)c1ccncc1. The fourth-order valence-electron chi connectivity index (χ4n) is 6.15. The van der Waals surface area contributed by atoms with Gasteiger partial charge in [0, 0.05) is 18.8 Å². The van der Waals surface area contributed by atoms with Crippen molar-refractivity contribution in [3.63, 3.8) is 0 Å². The van der Waals surface area contributed by atoms with Crippen LogP contribution in [-0.2, 0) is 4.79 Å². The molecule has 0 aliphatic heterocycles. The maximum atomic E-state index is 11.2. The van der Waals surface area contributed by atoms with E-state index in [1.165, 1.54) is 50.5 Å². The molecule has 2 heteroatoms. The minimum absolute atomic E-state index is 0.404. The lowest BCUT2D eigenvalue weighted by Gasteiger charge is -2.57. The first-order valence-corrected chi connectivity index (χ1v) is 8.60. The third-order valence-electron chi connectivity index (χ3n) is 6.40. The summed E-state index contributed by atoms with van der Waals surface area (Å²) in [5.74, 6) is 3.38. The molecular weight excluding hydrogens is 258 g/mol. The molecule has 4 bridgehead atoms. The van der Waals surface area contributed by atoms with E-state index in [1.54, 1.807) is 0 Å². The topological polar surface area (TPSA) is 30.0 Å². The zero-order valence-corrected chi connectivity index (χ0v) is 12.7. The smallest absolute Gasteiger partial charge is 0.120 e. The minimum Gasteiger partial charge on any atom is -0.303 e. The average Bonchev–Trinajstić information content (AvgIpc) is 2.46. The molecule has 0 spiro atoms. The van der Waals surface area contributed by atoms with Gasteiger partial charge in [0.25, 0.3) is 0 Å². The molecule has 0 amide bonds. The van der Waals surface area contributed by atoms with E-state index < -0.39 is 0 Å². The van der Waals surface area contributed by atoms with Crippen molar-refractivity contribution < 1.29 is 4.79 Å². The third kappa shape index (κ3) is 2.54. The highest BCUT2D eigenvalue weighted by molar-refractivity contribution is 5.51. The fourth-order valence-corrected chi connectivity index (χ4v) is 6.15. The summed E-state index contributed by atoms with van der Waals surface area (Å²) in [7, 11) is 0. The van der Waals surface area contributed by atoms with E-state index in [0.29, 0.717) is 17.8 Å². The van der Waals surface area contributed by atoms with Gasteiger partial charge in [-0.15, -0.1) is 0 Å². The summed E-state index contributed by atoms with van der Waals surface area (Å²) in [5.41, 5.74) is 1.86. The van der Waals surface area contributed by atoms with Crippen molar-refractivity contribution in [2.75, 3.05) is 0 Å². The maximum Gasteiger partial charge on any atom is 0.120 e. The minimum atomic E-state index is 0.404. The lowest BCUT2D eigenvalue weighted by Crippen LogP contribution is -2.46. The number of nitrogens with zero attached hydrogens (tertiary/aromatic N) is 1. The van der Waals surface area contributed by atoms with E-state index in [4.69, 9.17) is 0 Å². The van der Waals surface area contributed by atoms with Gasteiger partial charge < -0.3 is 4.79 Å². The molecule has 0 N–H and O–H groups in total. The molecule has 1 aromatic heterocycles. The predicted octanol–water partition coefficient (Wildman–Crippen LogP) is 4.36. The van der Waals surface area contributed by atoms with E-state index in [9.17, 15) is 4.79 Å². The maximum absolute atomic E-state index is 11.2. The lowest BCUT2D eigenvalue weighted by molar-refractivity contribution is -0.108. The van der Waals surface area contributed by atoms with Gasteiger partial charge in [-0.1, -0.05) is 0 Å². The highest BCUT2D eigenvalue weighted by Gasteiger charge is 2.51.